The number of amides is 1. The van der Waals surface area contributed by atoms with Crippen LogP contribution >= 0.6 is 0 Å². The Labute approximate surface area is 164 Å². The molecular formula is C20H18F3N5O. The SMILES string of the molecule is Cc1nc2c(c(-c3ccn[nH]3)n1)CCN(C(=O)c1cccc(C(F)(F)F)c1C)C2. The van der Waals surface area contributed by atoms with Crippen LogP contribution in [0, 0.1) is 13.8 Å². The van der Waals surface area contributed by atoms with Crippen LogP contribution in [-0.4, -0.2) is 37.5 Å². The number of halogens is 3. The number of alkyl halides is 3. The van der Waals surface area contributed by atoms with Crippen molar-refractivity contribution in [3.05, 3.63) is 64.2 Å². The predicted octanol–water partition coefficient (Wildman–Crippen LogP) is 3.70. The molecule has 0 saturated heterocycles. The van der Waals surface area contributed by atoms with E-state index < -0.39 is 17.6 Å². The number of hydrogen-bond donors (Lipinski definition) is 1. The number of fused-ring (bicyclic) bond motifs is 1. The average Bonchev–Trinajstić information content (AvgIpc) is 3.20. The monoisotopic (exact) mass is 401 g/mol. The van der Waals surface area contributed by atoms with Crippen molar-refractivity contribution < 1.29 is 18.0 Å². The summed E-state index contributed by atoms with van der Waals surface area (Å²) in [4.78, 5) is 23.5. The summed E-state index contributed by atoms with van der Waals surface area (Å²) in [6, 6.07) is 5.50. The first-order valence-electron chi connectivity index (χ1n) is 9.08. The summed E-state index contributed by atoms with van der Waals surface area (Å²) in [5, 5.41) is 6.85. The topological polar surface area (TPSA) is 74.8 Å². The van der Waals surface area contributed by atoms with Gasteiger partial charge in [0.05, 0.1) is 29.2 Å². The van der Waals surface area contributed by atoms with E-state index in [1.807, 2.05) is 6.07 Å². The highest BCUT2D eigenvalue weighted by molar-refractivity contribution is 5.96. The van der Waals surface area contributed by atoms with Crippen LogP contribution < -0.4 is 0 Å². The van der Waals surface area contributed by atoms with Crippen molar-refractivity contribution in [2.75, 3.05) is 6.54 Å². The molecule has 1 aliphatic rings. The maximum Gasteiger partial charge on any atom is 0.416 e. The third-order valence-corrected chi connectivity index (χ3v) is 5.09. The fourth-order valence-corrected chi connectivity index (χ4v) is 3.68. The molecule has 0 aliphatic carbocycles. The number of hydrogen-bond acceptors (Lipinski definition) is 4. The highest BCUT2D eigenvalue weighted by Crippen LogP contribution is 2.34. The predicted molar refractivity (Wildman–Crippen MR) is 99.0 cm³/mol. The molecule has 0 atom stereocenters. The minimum Gasteiger partial charge on any atom is -0.332 e. The summed E-state index contributed by atoms with van der Waals surface area (Å²) < 4.78 is 39.6. The van der Waals surface area contributed by atoms with Crippen molar-refractivity contribution in [2.24, 2.45) is 0 Å². The van der Waals surface area contributed by atoms with Crippen molar-refractivity contribution >= 4 is 5.91 Å². The van der Waals surface area contributed by atoms with Gasteiger partial charge in [0.1, 0.15) is 5.82 Å². The molecule has 1 aromatic carbocycles. The van der Waals surface area contributed by atoms with Gasteiger partial charge in [0, 0.05) is 23.9 Å². The zero-order valence-electron chi connectivity index (χ0n) is 15.8. The normalized spacial score (nSPS) is 14.0. The molecule has 0 bridgehead atoms. The Balaban J connectivity index is 1.67. The lowest BCUT2D eigenvalue weighted by molar-refractivity contribution is -0.138. The molecule has 0 fully saturated rings. The van der Waals surface area contributed by atoms with Gasteiger partial charge in [-0.25, -0.2) is 9.97 Å². The van der Waals surface area contributed by atoms with Gasteiger partial charge in [0.25, 0.3) is 5.91 Å². The fourth-order valence-electron chi connectivity index (χ4n) is 3.68. The molecule has 4 rings (SSSR count). The van der Waals surface area contributed by atoms with Gasteiger partial charge in [-0.3, -0.25) is 9.89 Å². The number of aryl methyl sites for hydroxylation is 1. The van der Waals surface area contributed by atoms with Crippen molar-refractivity contribution in [3.63, 3.8) is 0 Å². The first kappa shape index (κ1) is 19.1. The van der Waals surface area contributed by atoms with Gasteiger partial charge in [-0.15, -0.1) is 0 Å². The number of nitrogens with one attached hydrogen (secondary N) is 1. The van der Waals surface area contributed by atoms with Crippen molar-refractivity contribution in [2.45, 2.75) is 33.0 Å². The van der Waals surface area contributed by atoms with Crippen molar-refractivity contribution in [1.29, 1.82) is 0 Å². The number of nitrogens with zero attached hydrogens (tertiary/aromatic N) is 4. The van der Waals surface area contributed by atoms with Gasteiger partial charge in [-0.05, 0) is 44.0 Å². The lowest BCUT2D eigenvalue weighted by Crippen LogP contribution is -2.37. The standard InChI is InChI=1S/C20H18F3N5O/c1-11-13(4-3-5-15(11)20(21,22)23)19(29)28-9-7-14-17(10-28)25-12(2)26-18(14)16-6-8-24-27-16/h3-6,8H,7,9-10H2,1-2H3,(H,24,27). The Kier molecular flexibility index (Phi) is 4.60. The largest absolute Gasteiger partial charge is 0.416 e. The van der Waals surface area contributed by atoms with E-state index in [4.69, 9.17) is 0 Å². The zero-order valence-corrected chi connectivity index (χ0v) is 15.8. The van der Waals surface area contributed by atoms with Gasteiger partial charge < -0.3 is 4.90 Å². The molecule has 1 amide bonds. The number of aromatic amines is 1. The lowest BCUT2D eigenvalue weighted by atomic mass is 9.98. The molecule has 6 nitrogen and oxygen atoms in total. The molecule has 3 heterocycles. The maximum absolute atomic E-state index is 13.2. The van der Waals surface area contributed by atoms with Gasteiger partial charge in [-0.2, -0.15) is 18.3 Å². The minimum atomic E-state index is -4.50. The van der Waals surface area contributed by atoms with Crippen LogP contribution in [0.3, 0.4) is 0 Å². The van der Waals surface area contributed by atoms with Crippen LogP contribution in [-0.2, 0) is 19.1 Å². The van der Waals surface area contributed by atoms with E-state index >= 15 is 0 Å². The van der Waals surface area contributed by atoms with Gasteiger partial charge in [0.2, 0.25) is 0 Å². The minimum absolute atomic E-state index is 0.0582. The van der Waals surface area contributed by atoms with E-state index in [1.165, 1.54) is 24.0 Å². The Morgan fingerprint density at radius 3 is 2.66 bits per heavy atom. The summed E-state index contributed by atoms with van der Waals surface area (Å²) in [6.07, 6.45) is -2.36. The van der Waals surface area contributed by atoms with Crippen LogP contribution in [0.1, 0.15) is 38.6 Å². The zero-order chi connectivity index (χ0) is 20.8. The third kappa shape index (κ3) is 3.48. The smallest absolute Gasteiger partial charge is 0.332 e. The van der Waals surface area contributed by atoms with E-state index in [2.05, 4.69) is 20.2 Å². The summed E-state index contributed by atoms with van der Waals surface area (Å²) in [5.74, 6) is 0.122. The molecule has 1 N–H and O–H groups in total. The molecule has 3 aromatic rings. The molecule has 2 aromatic heterocycles. The van der Waals surface area contributed by atoms with Crippen molar-refractivity contribution in [1.82, 2.24) is 25.1 Å². The van der Waals surface area contributed by atoms with E-state index in [9.17, 15) is 18.0 Å². The number of rotatable bonds is 2. The Morgan fingerprint density at radius 2 is 1.97 bits per heavy atom. The van der Waals surface area contributed by atoms with Crippen LogP contribution in [0.25, 0.3) is 11.4 Å². The second-order valence-corrected chi connectivity index (χ2v) is 6.97. The number of carbonyl (C=O) groups excluding carboxylic acids is 1. The van der Waals surface area contributed by atoms with Crippen LogP contribution in [0.4, 0.5) is 13.2 Å². The molecule has 0 spiro atoms. The van der Waals surface area contributed by atoms with Gasteiger partial charge in [-0.1, -0.05) is 6.07 Å². The molecule has 9 heteroatoms. The van der Waals surface area contributed by atoms with Gasteiger partial charge >= 0.3 is 6.18 Å². The van der Waals surface area contributed by atoms with Gasteiger partial charge in [0.15, 0.2) is 0 Å². The Morgan fingerprint density at radius 1 is 1.17 bits per heavy atom. The first-order chi connectivity index (χ1) is 13.8. The Hall–Kier alpha value is -3.23. The van der Waals surface area contributed by atoms with E-state index in [0.29, 0.717) is 24.5 Å². The van der Waals surface area contributed by atoms with Crippen LogP contribution in [0.5, 0.6) is 0 Å². The number of H-pyrrole nitrogens is 1. The molecule has 0 saturated carbocycles. The summed E-state index contributed by atoms with van der Waals surface area (Å²) in [5.41, 5.74) is 2.33. The lowest BCUT2D eigenvalue weighted by Gasteiger charge is -2.30. The molecule has 150 valence electrons. The molecule has 0 radical (unpaired) electrons. The van der Waals surface area contributed by atoms with E-state index in [-0.39, 0.29) is 17.7 Å². The number of carbonyl (C=O) groups is 1. The summed E-state index contributed by atoms with van der Waals surface area (Å²) in [7, 11) is 0. The highest BCUT2D eigenvalue weighted by atomic mass is 19.4. The number of aromatic nitrogens is 4. The van der Waals surface area contributed by atoms with E-state index in [1.54, 1.807) is 13.1 Å². The quantitative estimate of drug-likeness (QED) is 0.711. The molecular weight excluding hydrogens is 383 g/mol. The third-order valence-electron chi connectivity index (χ3n) is 5.09. The second kappa shape index (κ2) is 6.98. The van der Waals surface area contributed by atoms with Crippen LogP contribution in [0.15, 0.2) is 30.5 Å². The summed E-state index contributed by atoms with van der Waals surface area (Å²) in [6.45, 7) is 3.68. The molecule has 0 unspecified atom stereocenters. The fraction of sp³-hybridized carbons (Fsp3) is 0.300. The van der Waals surface area contributed by atoms with Crippen LogP contribution in [0.2, 0.25) is 0 Å². The maximum atomic E-state index is 13.2. The summed E-state index contributed by atoms with van der Waals surface area (Å²) >= 11 is 0. The van der Waals surface area contributed by atoms with Crippen molar-refractivity contribution in [3.8, 4) is 11.4 Å². The highest BCUT2D eigenvalue weighted by Gasteiger charge is 2.35. The molecule has 29 heavy (non-hydrogen) atoms. The Bertz CT molecular complexity index is 1080. The van der Waals surface area contributed by atoms with E-state index in [0.717, 1.165) is 23.0 Å². The second-order valence-electron chi connectivity index (χ2n) is 6.97. The average molecular weight is 401 g/mol. The molecule has 1 aliphatic heterocycles. The number of benzene rings is 1. The first-order valence-corrected chi connectivity index (χ1v) is 9.08.